The van der Waals surface area contributed by atoms with E-state index in [2.05, 4.69) is 5.32 Å². The van der Waals surface area contributed by atoms with Gasteiger partial charge in [0, 0.05) is 21.5 Å². The number of nitrogens with two attached hydrogens (primary N) is 1. The summed E-state index contributed by atoms with van der Waals surface area (Å²) in [6, 6.07) is 18.0. The monoisotopic (exact) mass is 712 g/mol. The molecule has 1 saturated heterocycles. The molecule has 2 aliphatic rings. The van der Waals surface area contributed by atoms with E-state index in [9.17, 15) is 32.4 Å². The standard InChI is InChI=1S/C31H25ClN4O8S3/c1-2-44-30(40)17-5-11-20(12-6-17)36-27(38)24-23(16-3-7-18(32)8-4-16)26-29(45-25(24)28(36)39)35(31(41)46-26)15-22(37)34-19-9-13-21(14-10-19)47(33,42)43/h3-14,23-25H,2,15H2,1H3,(H,34,37)(H2,33,42,43)/t23-,24-,25+/m0/s1. The first-order valence-electron chi connectivity index (χ1n) is 14.1. The Morgan fingerprint density at radius 2 is 1.62 bits per heavy atom. The number of carbonyl (C=O) groups excluding carboxylic acids is 4. The van der Waals surface area contributed by atoms with Crippen molar-refractivity contribution in [2.24, 2.45) is 11.1 Å². The summed E-state index contributed by atoms with van der Waals surface area (Å²) in [7, 11) is -3.92. The molecule has 0 bridgehead atoms. The van der Waals surface area contributed by atoms with E-state index in [0.29, 0.717) is 20.5 Å². The molecule has 6 rings (SSSR count). The van der Waals surface area contributed by atoms with Gasteiger partial charge in [0.05, 0.1) is 33.7 Å². The molecular weight excluding hydrogens is 688 g/mol. The van der Waals surface area contributed by atoms with E-state index in [1.165, 1.54) is 53.1 Å². The lowest BCUT2D eigenvalue weighted by Gasteiger charge is -2.30. The first kappa shape index (κ1) is 32.7. The number of carbonyl (C=O) groups is 4. The number of hydrogen-bond acceptors (Lipinski definition) is 10. The largest absolute Gasteiger partial charge is 0.462 e. The Hall–Kier alpha value is -4.28. The summed E-state index contributed by atoms with van der Waals surface area (Å²) in [5, 5.41) is 7.71. The van der Waals surface area contributed by atoms with Gasteiger partial charge in [0.1, 0.15) is 11.8 Å². The minimum atomic E-state index is -3.92. The number of hydrogen-bond donors (Lipinski definition) is 2. The second-order valence-electron chi connectivity index (χ2n) is 10.6. The van der Waals surface area contributed by atoms with E-state index >= 15 is 0 Å². The van der Waals surface area contributed by atoms with Crippen LogP contribution in [0.5, 0.6) is 0 Å². The van der Waals surface area contributed by atoms with Gasteiger partial charge in [-0.1, -0.05) is 46.8 Å². The van der Waals surface area contributed by atoms with E-state index in [0.717, 1.165) is 28.0 Å². The van der Waals surface area contributed by atoms with Crippen molar-refractivity contribution in [3.63, 3.8) is 0 Å². The van der Waals surface area contributed by atoms with Crippen LogP contribution < -0.4 is 20.2 Å². The molecule has 242 valence electrons. The van der Waals surface area contributed by atoms with Gasteiger partial charge in [-0.3, -0.25) is 23.7 Å². The number of fused-ring (bicyclic) bond motifs is 2. The maximum absolute atomic E-state index is 14.1. The molecule has 47 heavy (non-hydrogen) atoms. The van der Waals surface area contributed by atoms with Crippen molar-refractivity contribution in [3.8, 4) is 0 Å². The summed E-state index contributed by atoms with van der Waals surface area (Å²) in [5.74, 6) is -3.63. The number of primary sulfonamides is 1. The molecule has 12 nitrogen and oxygen atoms in total. The quantitative estimate of drug-likeness (QED) is 0.203. The maximum Gasteiger partial charge on any atom is 0.338 e. The van der Waals surface area contributed by atoms with Gasteiger partial charge in [-0.25, -0.2) is 23.3 Å². The highest BCUT2D eigenvalue weighted by atomic mass is 35.5. The highest BCUT2D eigenvalue weighted by molar-refractivity contribution is 8.00. The number of rotatable bonds is 8. The van der Waals surface area contributed by atoms with Crippen LogP contribution in [0.1, 0.15) is 33.6 Å². The highest BCUT2D eigenvalue weighted by Crippen LogP contribution is 2.54. The third-order valence-electron chi connectivity index (χ3n) is 7.68. The van der Waals surface area contributed by atoms with Gasteiger partial charge in [0.2, 0.25) is 27.7 Å². The van der Waals surface area contributed by atoms with Crippen molar-refractivity contribution < 1.29 is 32.3 Å². The van der Waals surface area contributed by atoms with Crippen LogP contribution in [0.2, 0.25) is 5.02 Å². The molecule has 4 aromatic rings. The van der Waals surface area contributed by atoms with Crippen molar-refractivity contribution in [1.29, 1.82) is 0 Å². The van der Waals surface area contributed by atoms with E-state index in [1.54, 1.807) is 31.2 Å². The van der Waals surface area contributed by atoms with Gasteiger partial charge in [-0.05, 0) is 73.2 Å². The number of nitrogens with one attached hydrogen (secondary N) is 1. The Morgan fingerprint density at radius 1 is 0.957 bits per heavy atom. The predicted octanol–water partition coefficient (Wildman–Crippen LogP) is 3.82. The molecule has 1 fully saturated rings. The van der Waals surface area contributed by atoms with Crippen LogP contribution in [0.25, 0.3) is 0 Å². The van der Waals surface area contributed by atoms with Crippen molar-refractivity contribution in [1.82, 2.24) is 4.57 Å². The van der Waals surface area contributed by atoms with Gasteiger partial charge in [0.25, 0.3) is 0 Å². The smallest absolute Gasteiger partial charge is 0.338 e. The number of ether oxygens (including phenoxy) is 1. The fourth-order valence-corrected chi connectivity index (χ4v) is 8.99. The first-order valence-corrected chi connectivity index (χ1v) is 17.7. The van der Waals surface area contributed by atoms with E-state index in [1.807, 2.05) is 0 Å². The molecule has 2 aliphatic heterocycles. The molecule has 3 amide bonds. The number of benzene rings is 3. The van der Waals surface area contributed by atoms with Gasteiger partial charge in [0.15, 0.2) is 0 Å². The topological polar surface area (TPSA) is 175 Å². The van der Waals surface area contributed by atoms with Crippen LogP contribution in [0, 0.1) is 5.92 Å². The molecule has 3 N–H and O–H groups in total. The zero-order valence-electron chi connectivity index (χ0n) is 24.4. The van der Waals surface area contributed by atoms with Crippen LogP contribution in [0.15, 0.2) is 87.5 Å². The zero-order chi connectivity index (χ0) is 33.6. The summed E-state index contributed by atoms with van der Waals surface area (Å²) >= 11 is 8.11. The average Bonchev–Trinajstić information content (AvgIpc) is 3.47. The SMILES string of the molecule is CCOC(=O)c1ccc(N2C(=O)[C@H]3[C@H](c4ccc(Cl)cc4)c4sc(=O)n(CC(=O)Nc5ccc(S(N)(=O)=O)cc5)c4S[C@H]3C2=O)cc1. The van der Waals surface area contributed by atoms with Gasteiger partial charge >= 0.3 is 10.8 Å². The van der Waals surface area contributed by atoms with Crippen molar-refractivity contribution in [2.45, 2.75) is 34.6 Å². The number of halogens is 1. The molecule has 0 spiro atoms. The number of anilines is 2. The molecular formula is C31H25ClN4O8S3. The van der Waals surface area contributed by atoms with E-state index in [-0.39, 0.29) is 28.4 Å². The lowest BCUT2D eigenvalue weighted by atomic mass is 9.83. The lowest BCUT2D eigenvalue weighted by molar-refractivity contribution is -0.122. The lowest BCUT2D eigenvalue weighted by Crippen LogP contribution is -2.33. The second kappa shape index (κ2) is 12.7. The number of amides is 3. The molecule has 3 atom stereocenters. The number of esters is 1. The first-order chi connectivity index (χ1) is 22.4. The minimum Gasteiger partial charge on any atom is -0.462 e. The Balaban J connectivity index is 1.34. The second-order valence-corrected chi connectivity index (χ2v) is 14.7. The van der Waals surface area contributed by atoms with Crippen molar-refractivity contribution in [2.75, 3.05) is 16.8 Å². The highest BCUT2D eigenvalue weighted by Gasteiger charge is 2.56. The van der Waals surface area contributed by atoms with Gasteiger partial charge < -0.3 is 10.1 Å². The fourth-order valence-electron chi connectivity index (χ4n) is 5.57. The van der Waals surface area contributed by atoms with Crippen LogP contribution in [0.3, 0.4) is 0 Å². The molecule has 3 aromatic carbocycles. The van der Waals surface area contributed by atoms with Crippen molar-refractivity contribution in [3.05, 3.63) is 103 Å². The normalized spacial score (nSPS) is 18.9. The number of thiazole rings is 1. The maximum atomic E-state index is 14.1. The summed E-state index contributed by atoms with van der Waals surface area (Å²) < 4.78 is 29.4. The summed E-state index contributed by atoms with van der Waals surface area (Å²) in [6.45, 7) is 1.48. The number of sulfonamides is 1. The number of nitrogens with zero attached hydrogens (tertiary/aromatic N) is 2. The third kappa shape index (κ3) is 6.24. The van der Waals surface area contributed by atoms with Crippen molar-refractivity contribution >= 4 is 79.8 Å². The summed E-state index contributed by atoms with van der Waals surface area (Å²) in [5.41, 5.74) is 1.50. The Morgan fingerprint density at radius 3 is 2.23 bits per heavy atom. The van der Waals surface area contributed by atoms with Gasteiger partial charge in [-0.2, -0.15) is 0 Å². The van der Waals surface area contributed by atoms with E-state index < -0.39 is 62.2 Å². The Kier molecular flexibility index (Phi) is 8.84. The number of aromatic nitrogens is 1. The Bertz CT molecular complexity index is 2080. The summed E-state index contributed by atoms with van der Waals surface area (Å²) in [4.78, 5) is 67.7. The van der Waals surface area contributed by atoms with E-state index in [4.69, 9.17) is 21.5 Å². The zero-order valence-corrected chi connectivity index (χ0v) is 27.6. The van der Waals surface area contributed by atoms with Crippen LogP contribution in [-0.4, -0.2) is 48.5 Å². The molecule has 0 unspecified atom stereocenters. The summed E-state index contributed by atoms with van der Waals surface area (Å²) in [6.07, 6.45) is 0. The molecule has 0 saturated carbocycles. The van der Waals surface area contributed by atoms with Crippen LogP contribution in [0.4, 0.5) is 11.4 Å². The third-order valence-corrected chi connectivity index (χ3v) is 11.5. The number of imide groups is 1. The Labute approximate surface area is 281 Å². The molecule has 0 aliphatic carbocycles. The average molecular weight is 713 g/mol. The number of thioether (sulfide) groups is 1. The molecule has 3 heterocycles. The van der Waals surface area contributed by atoms with Gasteiger partial charge in [-0.15, -0.1) is 0 Å². The van der Waals surface area contributed by atoms with Crippen LogP contribution in [-0.2, 0) is 35.7 Å². The minimum absolute atomic E-state index is 0.127. The predicted molar refractivity (Wildman–Crippen MR) is 176 cm³/mol. The fraction of sp³-hybridized carbons (Fsp3) is 0.194. The molecule has 0 radical (unpaired) electrons. The molecule has 16 heteroatoms. The van der Waals surface area contributed by atoms with Crippen LogP contribution >= 0.6 is 34.7 Å². The molecule has 1 aromatic heterocycles.